The molecule has 6 rings (SSSR count). The molecule has 4 aromatic rings. The Morgan fingerprint density at radius 2 is 1.78 bits per heavy atom. The third-order valence-electron chi connectivity index (χ3n) is 9.02. The molecule has 1 atom stereocenters. The molecule has 3 aromatic carbocycles. The number of aromatic nitrogens is 1. The molecule has 3 heterocycles. The summed E-state index contributed by atoms with van der Waals surface area (Å²) in [4.78, 5) is 17.6. The molecule has 41 heavy (non-hydrogen) atoms. The van der Waals surface area contributed by atoms with Crippen LogP contribution in [0.3, 0.4) is 0 Å². The number of aryl methyl sites for hydroxylation is 1. The number of nitrogens with zero attached hydrogens (tertiary/aromatic N) is 3. The number of amides is 1. The van der Waals surface area contributed by atoms with E-state index in [9.17, 15) is 4.79 Å². The Morgan fingerprint density at radius 3 is 2.54 bits per heavy atom. The first-order valence-electron chi connectivity index (χ1n) is 15.2. The molecule has 7 heteroatoms. The van der Waals surface area contributed by atoms with Gasteiger partial charge < -0.3 is 19.5 Å². The minimum atomic E-state index is -0.118. The SMILES string of the molecule is CCn1c2ccccc2c2cc(CN3CCC(Oc4ccc(C(=O)NCCC5CCCN5C)c(Cl)c4)CC3)ccc21. The van der Waals surface area contributed by atoms with Gasteiger partial charge in [0.1, 0.15) is 11.9 Å². The van der Waals surface area contributed by atoms with Crippen molar-refractivity contribution in [3.8, 4) is 5.75 Å². The van der Waals surface area contributed by atoms with Gasteiger partial charge in [0.15, 0.2) is 0 Å². The summed E-state index contributed by atoms with van der Waals surface area (Å²) in [6.45, 7) is 7.91. The zero-order valence-corrected chi connectivity index (χ0v) is 25.0. The number of hydrogen-bond acceptors (Lipinski definition) is 4. The second-order valence-electron chi connectivity index (χ2n) is 11.7. The van der Waals surface area contributed by atoms with E-state index in [1.165, 1.54) is 40.2 Å². The summed E-state index contributed by atoms with van der Waals surface area (Å²) in [6.07, 6.45) is 5.50. The van der Waals surface area contributed by atoms with Crippen LogP contribution in [0.5, 0.6) is 5.75 Å². The summed E-state index contributed by atoms with van der Waals surface area (Å²) in [5, 5.41) is 6.15. The number of hydrogen-bond donors (Lipinski definition) is 1. The molecule has 0 saturated carbocycles. The first kappa shape index (κ1) is 28.1. The molecule has 1 N–H and O–H groups in total. The molecule has 0 bridgehead atoms. The van der Waals surface area contributed by atoms with Crippen LogP contribution < -0.4 is 10.1 Å². The van der Waals surface area contributed by atoms with Crippen LogP contribution in [0.15, 0.2) is 60.7 Å². The number of ether oxygens (including phenoxy) is 1. The van der Waals surface area contributed by atoms with E-state index >= 15 is 0 Å². The summed E-state index contributed by atoms with van der Waals surface area (Å²) < 4.78 is 8.70. The lowest BCUT2D eigenvalue weighted by Crippen LogP contribution is -2.37. The number of fused-ring (bicyclic) bond motifs is 3. The summed E-state index contributed by atoms with van der Waals surface area (Å²) in [5.41, 5.74) is 4.48. The van der Waals surface area contributed by atoms with E-state index in [4.69, 9.17) is 16.3 Å². The van der Waals surface area contributed by atoms with Crippen molar-refractivity contribution in [3.05, 3.63) is 76.8 Å². The molecular weight excluding hydrogens is 532 g/mol. The molecule has 2 saturated heterocycles. The molecule has 1 unspecified atom stereocenters. The van der Waals surface area contributed by atoms with Crippen molar-refractivity contribution >= 4 is 39.3 Å². The van der Waals surface area contributed by atoms with E-state index in [0.29, 0.717) is 23.2 Å². The second-order valence-corrected chi connectivity index (χ2v) is 12.1. The molecule has 2 aliphatic heterocycles. The Bertz CT molecular complexity index is 1520. The Hall–Kier alpha value is -3.06. The van der Waals surface area contributed by atoms with Gasteiger partial charge in [-0.1, -0.05) is 35.9 Å². The van der Waals surface area contributed by atoms with Crippen LogP contribution in [0.2, 0.25) is 5.02 Å². The molecule has 1 aromatic heterocycles. The Labute approximate surface area is 248 Å². The zero-order chi connectivity index (χ0) is 28.3. The van der Waals surface area contributed by atoms with Gasteiger partial charge in [0.05, 0.1) is 10.6 Å². The Morgan fingerprint density at radius 1 is 0.976 bits per heavy atom. The average molecular weight is 573 g/mol. The lowest BCUT2D eigenvalue weighted by Gasteiger charge is -2.32. The van der Waals surface area contributed by atoms with Gasteiger partial charge in [-0.15, -0.1) is 0 Å². The van der Waals surface area contributed by atoms with Crippen molar-refractivity contribution in [2.75, 3.05) is 33.2 Å². The fraction of sp³-hybridized carbons (Fsp3) is 0.441. The van der Waals surface area contributed by atoms with Gasteiger partial charge in [-0.3, -0.25) is 9.69 Å². The lowest BCUT2D eigenvalue weighted by atomic mass is 10.1. The predicted octanol–water partition coefficient (Wildman–Crippen LogP) is 6.73. The molecule has 2 aliphatic rings. The van der Waals surface area contributed by atoms with E-state index < -0.39 is 0 Å². The number of carbonyl (C=O) groups is 1. The van der Waals surface area contributed by atoms with Crippen LogP contribution in [0, 0.1) is 0 Å². The number of nitrogens with one attached hydrogen (secondary N) is 1. The number of carbonyl (C=O) groups excluding carboxylic acids is 1. The number of benzene rings is 3. The smallest absolute Gasteiger partial charge is 0.252 e. The minimum Gasteiger partial charge on any atom is -0.490 e. The number of likely N-dealkylation sites (tertiary alicyclic amines) is 2. The van der Waals surface area contributed by atoms with Gasteiger partial charge in [0, 0.05) is 60.6 Å². The van der Waals surface area contributed by atoms with Crippen LogP contribution in [0.4, 0.5) is 0 Å². The lowest BCUT2D eigenvalue weighted by molar-refractivity contribution is 0.0948. The Balaban J connectivity index is 1.01. The van der Waals surface area contributed by atoms with Crippen molar-refractivity contribution in [2.45, 2.75) is 64.3 Å². The summed E-state index contributed by atoms with van der Waals surface area (Å²) >= 11 is 6.51. The minimum absolute atomic E-state index is 0.118. The normalized spacial score (nSPS) is 18.9. The van der Waals surface area contributed by atoms with Crippen LogP contribution in [0.25, 0.3) is 21.8 Å². The van der Waals surface area contributed by atoms with Crippen LogP contribution >= 0.6 is 11.6 Å². The summed E-state index contributed by atoms with van der Waals surface area (Å²) in [7, 11) is 2.16. The average Bonchev–Trinajstić information content (AvgIpc) is 3.54. The molecule has 216 valence electrons. The number of para-hydroxylation sites is 1. The van der Waals surface area contributed by atoms with Gasteiger partial charge in [-0.05, 0) is 94.6 Å². The maximum atomic E-state index is 12.7. The van der Waals surface area contributed by atoms with E-state index in [0.717, 1.165) is 57.7 Å². The fourth-order valence-corrected chi connectivity index (χ4v) is 6.98. The van der Waals surface area contributed by atoms with Gasteiger partial charge in [-0.2, -0.15) is 0 Å². The highest BCUT2D eigenvalue weighted by Gasteiger charge is 2.23. The van der Waals surface area contributed by atoms with Gasteiger partial charge in [0.2, 0.25) is 0 Å². The molecule has 0 aliphatic carbocycles. The van der Waals surface area contributed by atoms with Crippen molar-refractivity contribution in [2.24, 2.45) is 0 Å². The maximum Gasteiger partial charge on any atom is 0.252 e. The molecule has 0 radical (unpaired) electrons. The standard InChI is InChI=1S/C34H41ClN4O2/c1-3-39-32-9-5-4-8-28(32)30-21-24(10-13-33(30)39)23-38-19-15-26(16-20-38)41-27-11-12-29(31(35)22-27)34(40)36-17-14-25-7-6-18-37(25)2/h4-5,8-13,21-22,25-26H,3,6-7,14-20,23H2,1-2H3,(H,36,40). The molecule has 2 fully saturated rings. The first-order chi connectivity index (χ1) is 20.0. The van der Waals surface area contributed by atoms with Gasteiger partial charge in [-0.25, -0.2) is 0 Å². The summed E-state index contributed by atoms with van der Waals surface area (Å²) in [5.74, 6) is 0.614. The van der Waals surface area contributed by atoms with E-state index in [-0.39, 0.29) is 12.0 Å². The van der Waals surface area contributed by atoms with Crippen molar-refractivity contribution in [1.29, 1.82) is 0 Å². The molecule has 6 nitrogen and oxygen atoms in total. The quantitative estimate of drug-likeness (QED) is 0.242. The van der Waals surface area contributed by atoms with E-state index in [1.807, 2.05) is 6.07 Å². The van der Waals surface area contributed by atoms with Crippen molar-refractivity contribution in [3.63, 3.8) is 0 Å². The highest BCUT2D eigenvalue weighted by Crippen LogP contribution is 2.31. The van der Waals surface area contributed by atoms with Crippen LogP contribution in [-0.2, 0) is 13.1 Å². The van der Waals surface area contributed by atoms with E-state index in [1.54, 1.807) is 12.1 Å². The second kappa shape index (κ2) is 12.4. The molecular formula is C34H41ClN4O2. The van der Waals surface area contributed by atoms with Crippen molar-refractivity contribution < 1.29 is 9.53 Å². The topological polar surface area (TPSA) is 49.7 Å². The maximum absolute atomic E-state index is 12.7. The van der Waals surface area contributed by atoms with Crippen LogP contribution in [0.1, 0.15) is 54.9 Å². The molecule has 1 amide bonds. The largest absolute Gasteiger partial charge is 0.490 e. The van der Waals surface area contributed by atoms with Gasteiger partial charge >= 0.3 is 0 Å². The number of piperidine rings is 1. The van der Waals surface area contributed by atoms with Crippen molar-refractivity contribution in [1.82, 2.24) is 19.7 Å². The first-order valence-corrected chi connectivity index (χ1v) is 15.5. The third-order valence-corrected chi connectivity index (χ3v) is 9.33. The predicted molar refractivity (Wildman–Crippen MR) is 168 cm³/mol. The highest BCUT2D eigenvalue weighted by atomic mass is 35.5. The summed E-state index contributed by atoms with van der Waals surface area (Å²) in [6, 6.07) is 21.7. The zero-order valence-electron chi connectivity index (χ0n) is 24.2. The van der Waals surface area contributed by atoms with E-state index in [2.05, 4.69) is 76.1 Å². The fourth-order valence-electron chi connectivity index (χ4n) is 6.72. The monoisotopic (exact) mass is 572 g/mol. The number of rotatable bonds is 9. The number of halogens is 1. The third kappa shape index (κ3) is 6.11. The van der Waals surface area contributed by atoms with Gasteiger partial charge in [0.25, 0.3) is 5.91 Å². The van der Waals surface area contributed by atoms with Crippen LogP contribution in [-0.4, -0.2) is 65.6 Å². The molecule has 0 spiro atoms. The highest BCUT2D eigenvalue weighted by molar-refractivity contribution is 6.34. The Kier molecular flexibility index (Phi) is 8.52.